The monoisotopic (exact) mass is 337 g/mol. The van der Waals surface area contributed by atoms with Crippen molar-refractivity contribution in [3.8, 4) is 11.6 Å². The molecule has 7 nitrogen and oxygen atoms in total. The molecule has 1 amide bonds. The second kappa shape index (κ2) is 7.12. The fourth-order valence-corrected chi connectivity index (χ4v) is 2.41. The Morgan fingerprint density at radius 1 is 1.24 bits per heavy atom. The van der Waals surface area contributed by atoms with Crippen molar-refractivity contribution in [2.75, 3.05) is 5.32 Å². The second-order valence-electron chi connectivity index (χ2n) is 5.81. The maximum atomic E-state index is 12.5. The van der Waals surface area contributed by atoms with E-state index < -0.39 is 0 Å². The first kappa shape index (κ1) is 16.6. The molecule has 0 aliphatic heterocycles. The third-order valence-electron chi connectivity index (χ3n) is 4.14. The number of amides is 1. The first-order chi connectivity index (χ1) is 12.1. The van der Waals surface area contributed by atoms with Gasteiger partial charge in [-0.25, -0.2) is 4.98 Å². The SMILES string of the molecule is CC[C@@H](C)c1ccc(O)c(NC(=O)c2ccnc(-n3cnnc3)c2)c1. The Hall–Kier alpha value is -3.22. The molecule has 2 aromatic heterocycles. The van der Waals surface area contributed by atoms with Gasteiger partial charge in [0.1, 0.15) is 24.2 Å². The van der Waals surface area contributed by atoms with Crippen molar-refractivity contribution in [2.45, 2.75) is 26.2 Å². The van der Waals surface area contributed by atoms with E-state index in [1.165, 1.54) is 12.7 Å². The molecule has 1 aromatic carbocycles. The lowest BCUT2D eigenvalue weighted by Gasteiger charge is -2.13. The third-order valence-corrected chi connectivity index (χ3v) is 4.14. The van der Waals surface area contributed by atoms with Crippen LogP contribution in [0, 0.1) is 0 Å². The van der Waals surface area contributed by atoms with Crippen molar-refractivity contribution < 1.29 is 9.90 Å². The van der Waals surface area contributed by atoms with E-state index in [4.69, 9.17) is 0 Å². The van der Waals surface area contributed by atoms with Crippen molar-refractivity contribution in [3.05, 3.63) is 60.3 Å². The molecule has 0 radical (unpaired) electrons. The van der Waals surface area contributed by atoms with Gasteiger partial charge in [-0.15, -0.1) is 10.2 Å². The van der Waals surface area contributed by atoms with Crippen molar-refractivity contribution in [1.29, 1.82) is 0 Å². The standard InChI is InChI=1S/C18H19N5O2/c1-3-12(2)13-4-5-16(24)15(8-13)22-18(25)14-6-7-19-17(9-14)23-10-20-21-11-23/h4-12,24H,3H2,1-2H3,(H,22,25)/t12-/m1/s1. The maximum Gasteiger partial charge on any atom is 0.255 e. The molecule has 2 N–H and O–H groups in total. The van der Waals surface area contributed by atoms with Crippen LogP contribution >= 0.6 is 0 Å². The smallest absolute Gasteiger partial charge is 0.255 e. The molecule has 7 heteroatoms. The lowest BCUT2D eigenvalue weighted by molar-refractivity contribution is 0.102. The Balaban J connectivity index is 1.84. The van der Waals surface area contributed by atoms with Crippen molar-refractivity contribution in [2.24, 2.45) is 0 Å². The number of aromatic hydroxyl groups is 1. The van der Waals surface area contributed by atoms with Crippen LogP contribution < -0.4 is 5.32 Å². The van der Waals surface area contributed by atoms with Gasteiger partial charge in [-0.05, 0) is 42.2 Å². The number of carbonyl (C=O) groups excluding carboxylic acids is 1. The van der Waals surface area contributed by atoms with Crippen LogP contribution in [0.1, 0.15) is 42.1 Å². The predicted octanol–water partition coefficient (Wildman–Crippen LogP) is 3.13. The fraction of sp³-hybridized carbons (Fsp3) is 0.222. The highest BCUT2D eigenvalue weighted by Crippen LogP contribution is 2.29. The van der Waals surface area contributed by atoms with Crippen LogP contribution in [-0.2, 0) is 0 Å². The van der Waals surface area contributed by atoms with E-state index in [-0.39, 0.29) is 11.7 Å². The van der Waals surface area contributed by atoms with E-state index in [0.717, 1.165) is 12.0 Å². The minimum Gasteiger partial charge on any atom is -0.506 e. The maximum absolute atomic E-state index is 12.5. The number of anilines is 1. The summed E-state index contributed by atoms with van der Waals surface area (Å²) in [7, 11) is 0. The Morgan fingerprint density at radius 2 is 2.00 bits per heavy atom. The summed E-state index contributed by atoms with van der Waals surface area (Å²) in [5, 5.41) is 20.3. The highest BCUT2D eigenvalue weighted by atomic mass is 16.3. The highest BCUT2D eigenvalue weighted by molar-refractivity contribution is 6.05. The zero-order valence-electron chi connectivity index (χ0n) is 14.0. The summed E-state index contributed by atoms with van der Waals surface area (Å²) in [6, 6.07) is 8.53. The van der Waals surface area contributed by atoms with Crippen molar-refractivity contribution in [3.63, 3.8) is 0 Å². The number of hydrogen-bond donors (Lipinski definition) is 2. The van der Waals surface area contributed by atoms with Gasteiger partial charge in [0.2, 0.25) is 0 Å². The summed E-state index contributed by atoms with van der Waals surface area (Å²) in [6.07, 6.45) is 5.53. The largest absolute Gasteiger partial charge is 0.506 e. The molecule has 0 aliphatic carbocycles. The molecule has 128 valence electrons. The minimum atomic E-state index is -0.326. The predicted molar refractivity (Wildman–Crippen MR) is 93.9 cm³/mol. The van der Waals surface area contributed by atoms with Gasteiger partial charge < -0.3 is 10.4 Å². The number of nitrogens with one attached hydrogen (secondary N) is 1. The first-order valence-electron chi connectivity index (χ1n) is 8.03. The van der Waals surface area contributed by atoms with E-state index in [0.29, 0.717) is 23.0 Å². The average molecular weight is 337 g/mol. The van der Waals surface area contributed by atoms with Gasteiger partial charge >= 0.3 is 0 Å². The van der Waals surface area contributed by atoms with Gasteiger partial charge in [-0.2, -0.15) is 0 Å². The lowest BCUT2D eigenvalue weighted by Crippen LogP contribution is -2.13. The molecule has 0 bridgehead atoms. The van der Waals surface area contributed by atoms with Gasteiger partial charge in [-0.3, -0.25) is 9.36 Å². The number of phenolic OH excluding ortho intramolecular Hbond substituents is 1. The van der Waals surface area contributed by atoms with Crippen molar-refractivity contribution in [1.82, 2.24) is 19.7 Å². The lowest BCUT2D eigenvalue weighted by atomic mass is 9.98. The van der Waals surface area contributed by atoms with Crippen LogP contribution in [0.25, 0.3) is 5.82 Å². The normalized spacial score (nSPS) is 11.9. The van der Waals surface area contributed by atoms with E-state index >= 15 is 0 Å². The van der Waals surface area contributed by atoms with Crippen LogP contribution in [0.4, 0.5) is 5.69 Å². The number of phenols is 1. The highest BCUT2D eigenvalue weighted by Gasteiger charge is 2.13. The molecule has 0 saturated heterocycles. The molecule has 25 heavy (non-hydrogen) atoms. The molecule has 3 aromatic rings. The summed E-state index contributed by atoms with van der Waals surface area (Å²) in [5.74, 6) is 0.592. The molecular weight excluding hydrogens is 318 g/mol. The van der Waals surface area contributed by atoms with Gasteiger partial charge in [0.15, 0.2) is 0 Å². The van der Waals surface area contributed by atoms with E-state index in [1.807, 2.05) is 12.1 Å². The number of nitrogens with zero attached hydrogens (tertiary/aromatic N) is 4. The van der Waals surface area contributed by atoms with Gasteiger partial charge in [0, 0.05) is 11.8 Å². The molecule has 0 aliphatic rings. The van der Waals surface area contributed by atoms with Gasteiger partial charge in [0.05, 0.1) is 5.69 Å². The van der Waals surface area contributed by atoms with Crippen molar-refractivity contribution >= 4 is 11.6 Å². The van der Waals surface area contributed by atoms with Crippen LogP contribution in [0.2, 0.25) is 0 Å². The number of hydrogen-bond acceptors (Lipinski definition) is 5. The Morgan fingerprint density at radius 3 is 2.72 bits per heavy atom. The zero-order valence-corrected chi connectivity index (χ0v) is 14.0. The number of carbonyl (C=O) groups is 1. The zero-order chi connectivity index (χ0) is 17.8. The van der Waals surface area contributed by atoms with Crippen LogP contribution in [-0.4, -0.2) is 30.8 Å². The average Bonchev–Trinajstić information content (AvgIpc) is 3.17. The molecule has 2 heterocycles. The molecule has 0 unspecified atom stereocenters. The second-order valence-corrected chi connectivity index (χ2v) is 5.81. The number of pyridine rings is 1. The van der Waals surface area contributed by atoms with E-state index in [2.05, 4.69) is 34.3 Å². The number of aromatic nitrogens is 4. The fourth-order valence-electron chi connectivity index (χ4n) is 2.41. The molecule has 0 saturated carbocycles. The van der Waals surface area contributed by atoms with Crippen LogP contribution in [0.3, 0.4) is 0 Å². The summed E-state index contributed by atoms with van der Waals surface area (Å²) in [5.41, 5.74) is 1.88. The molecule has 3 rings (SSSR count). The third kappa shape index (κ3) is 3.65. The topological polar surface area (TPSA) is 92.9 Å². The Kier molecular flexibility index (Phi) is 4.74. The summed E-state index contributed by atoms with van der Waals surface area (Å²) >= 11 is 0. The van der Waals surface area contributed by atoms with Gasteiger partial charge in [0.25, 0.3) is 5.91 Å². The molecule has 0 fully saturated rings. The Labute approximate surface area is 145 Å². The van der Waals surface area contributed by atoms with Crippen LogP contribution in [0.15, 0.2) is 49.2 Å². The summed E-state index contributed by atoms with van der Waals surface area (Å²) in [4.78, 5) is 16.7. The number of rotatable bonds is 5. The summed E-state index contributed by atoms with van der Waals surface area (Å²) < 4.78 is 1.61. The molecular formula is C18H19N5O2. The molecule has 1 atom stereocenters. The molecule has 0 spiro atoms. The quantitative estimate of drug-likeness (QED) is 0.698. The van der Waals surface area contributed by atoms with Crippen LogP contribution in [0.5, 0.6) is 5.75 Å². The summed E-state index contributed by atoms with van der Waals surface area (Å²) in [6.45, 7) is 4.20. The first-order valence-corrected chi connectivity index (χ1v) is 8.03. The minimum absolute atomic E-state index is 0.0356. The van der Waals surface area contributed by atoms with Gasteiger partial charge in [-0.1, -0.05) is 19.9 Å². The number of benzene rings is 1. The van der Waals surface area contributed by atoms with E-state index in [1.54, 1.807) is 29.0 Å². The van der Waals surface area contributed by atoms with E-state index in [9.17, 15) is 9.90 Å². The Bertz CT molecular complexity index is 877.